The van der Waals surface area contributed by atoms with Crippen LogP contribution in [0.2, 0.25) is 0 Å². The number of imide groups is 1. The topological polar surface area (TPSA) is 68.7 Å². The van der Waals surface area contributed by atoms with Gasteiger partial charge in [-0.05, 0) is 25.8 Å². The van der Waals surface area contributed by atoms with Crippen LogP contribution in [0.4, 0.5) is 4.79 Å². The molecule has 4 rings (SSSR count). The largest absolute Gasteiger partial charge is 0.385 e. The lowest BCUT2D eigenvalue weighted by molar-refractivity contribution is -0.137. The molecule has 3 aliphatic heterocycles. The van der Waals surface area contributed by atoms with Gasteiger partial charge >= 0.3 is 6.03 Å². The van der Waals surface area contributed by atoms with Crippen molar-refractivity contribution in [1.82, 2.24) is 19.6 Å². The van der Waals surface area contributed by atoms with Crippen LogP contribution in [0.25, 0.3) is 0 Å². The molecule has 29 heavy (non-hydrogen) atoms. The van der Waals surface area contributed by atoms with E-state index in [0.29, 0.717) is 6.61 Å². The Kier molecular flexibility index (Phi) is 5.04. The maximum Gasteiger partial charge on any atom is 0.328 e. The first kappa shape index (κ1) is 19.4. The zero-order valence-electron chi connectivity index (χ0n) is 17.3. The third-order valence-corrected chi connectivity index (χ3v) is 5.69. The molecule has 3 aliphatic rings. The first-order chi connectivity index (χ1) is 13.9. The molecule has 1 aromatic rings. The Labute approximate surface area is 171 Å². The predicted octanol–water partition coefficient (Wildman–Crippen LogP) is 1.97. The second-order valence-electron chi connectivity index (χ2n) is 7.77. The molecular formula is C21H27N5O3. The molecule has 2 atom stereocenters. The van der Waals surface area contributed by atoms with Crippen molar-refractivity contribution in [2.75, 3.05) is 27.3 Å². The third kappa shape index (κ3) is 3.27. The molecule has 0 radical (unpaired) electrons. The number of carbonyl (C=O) groups excluding carboxylic acids is 2. The number of urea groups is 1. The van der Waals surface area contributed by atoms with Gasteiger partial charge in [-0.3, -0.25) is 9.69 Å². The molecule has 2 unspecified atom stereocenters. The Hall–Kier alpha value is -2.87. The molecule has 1 fully saturated rings. The molecule has 0 aromatic heterocycles. The van der Waals surface area contributed by atoms with E-state index < -0.39 is 12.2 Å². The van der Waals surface area contributed by atoms with Crippen LogP contribution >= 0.6 is 0 Å². The predicted molar refractivity (Wildman–Crippen MR) is 109 cm³/mol. The highest BCUT2D eigenvalue weighted by Gasteiger charge is 2.54. The van der Waals surface area contributed by atoms with E-state index in [1.165, 1.54) is 4.90 Å². The monoisotopic (exact) mass is 397 g/mol. The van der Waals surface area contributed by atoms with E-state index in [-0.39, 0.29) is 18.5 Å². The first-order valence-electron chi connectivity index (χ1n) is 9.87. The van der Waals surface area contributed by atoms with Crippen molar-refractivity contribution in [3.8, 4) is 0 Å². The van der Waals surface area contributed by atoms with Gasteiger partial charge in [-0.25, -0.2) is 9.79 Å². The van der Waals surface area contributed by atoms with E-state index in [1.807, 2.05) is 49.2 Å². The van der Waals surface area contributed by atoms with Crippen molar-refractivity contribution in [1.29, 1.82) is 0 Å². The molecule has 0 saturated carbocycles. The van der Waals surface area contributed by atoms with Crippen LogP contribution in [0.1, 0.15) is 24.5 Å². The van der Waals surface area contributed by atoms with Crippen molar-refractivity contribution in [3.05, 3.63) is 47.3 Å². The molecule has 1 saturated heterocycles. The Balaban J connectivity index is 1.57. The zero-order chi connectivity index (χ0) is 20.7. The summed E-state index contributed by atoms with van der Waals surface area (Å²) in [6, 6.07) is 7.05. The number of amides is 3. The number of ether oxygens (including phenoxy) is 1. The number of carbonyl (C=O) groups is 2. The summed E-state index contributed by atoms with van der Waals surface area (Å²) in [7, 11) is 3.40. The van der Waals surface area contributed by atoms with E-state index in [9.17, 15) is 9.59 Å². The Bertz CT molecular complexity index is 879. The number of aliphatic imine (C=N–C) groups is 1. The summed E-state index contributed by atoms with van der Waals surface area (Å²) in [6.07, 6.45) is 2.31. The number of allylic oxidation sites excluding steroid dienone is 1. The average Bonchev–Trinajstić information content (AvgIpc) is 3.21. The number of nitrogens with zero attached hydrogens (tertiary/aromatic N) is 5. The van der Waals surface area contributed by atoms with Crippen LogP contribution < -0.4 is 0 Å². The molecule has 3 amide bonds. The molecule has 8 heteroatoms. The van der Waals surface area contributed by atoms with Gasteiger partial charge in [-0.2, -0.15) is 0 Å². The smallest absolute Gasteiger partial charge is 0.328 e. The second kappa shape index (κ2) is 7.51. The standard InChI is InChI=1S/C21H27N5O3/c1-14-6-8-16(9-7-14)13-26-19(27)17-18(23(3)21(26)28)22-20-24(10-5-11-29-4)15(2)12-25(17)20/h6-9,12,17-18H,5,10-11,13H2,1-4H3. The highest BCUT2D eigenvalue weighted by atomic mass is 16.5. The van der Waals surface area contributed by atoms with Crippen molar-refractivity contribution < 1.29 is 14.3 Å². The molecular weight excluding hydrogens is 370 g/mol. The van der Waals surface area contributed by atoms with Gasteiger partial charge in [0, 0.05) is 39.2 Å². The van der Waals surface area contributed by atoms with E-state index in [0.717, 1.165) is 35.7 Å². The Morgan fingerprint density at radius 3 is 2.52 bits per heavy atom. The third-order valence-electron chi connectivity index (χ3n) is 5.69. The van der Waals surface area contributed by atoms with Crippen LogP contribution in [0.5, 0.6) is 0 Å². The molecule has 0 N–H and O–H groups in total. The molecule has 0 aliphatic carbocycles. The zero-order valence-corrected chi connectivity index (χ0v) is 17.3. The number of guanidine groups is 1. The summed E-state index contributed by atoms with van der Waals surface area (Å²) >= 11 is 0. The van der Waals surface area contributed by atoms with Gasteiger partial charge in [0.2, 0.25) is 5.96 Å². The number of methoxy groups -OCH3 is 1. The lowest BCUT2D eigenvalue weighted by Gasteiger charge is -2.40. The highest BCUT2D eigenvalue weighted by Crippen LogP contribution is 2.34. The minimum atomic E-state index is -0.527. The normalized spacial score (nSPS) is 23.4. The summed E-state index contributed by atoms with van der Waals surface area (Å²) in [5.41, 5.74) is 3.11. The van der Waals surface area contributed by atoms with Gasteiger partial charge in [0.15, 0.2) is 12.2 Å². The summed E-state index contributed by atoms with van der Waals surface area (Å²) in [4.78, 5) is 37.9. The molecule has 8 nitrogen and oxygen atoms in total. The summed E-state index contributed by atoms with van der Waals surface area (Å²) in [5, 5.41) is 0. The number of hydrogen-bond donors (Lipinski definition) is 0. The average molecular weight is 397 g/mol. The number of hydrogen-bond acceptors (Lipinski definition) is 6. The number of aryl methyl sites for hydroxylation is 1. The van der Waals surface area contributed by atoms with Gasteiger partial charge in [-0.1, -0.05) is 29.8 Å². The number of benzene rings is 1. The van der Waals surface area contributed by atoms with Gasteiger partial charge in [0.1, 0.15) is 0 Å². The number of likely N-dealkylation sites (N-methyl/N-ethyl adjacent to an activating group) is 1. The van der Waals surface area contributed by atoms with E-state index in [2.05, 4.69) is 4.90 Å². The van der Waals surface area contributed by atoms with Gasteiger partial charge in [0.25, 0.3) is 5.91 Å². The Morgan fingerprint density at radius 2 is 1.83 bits per heavy atom. The maximum atomic E-state index is 13.3. The second-order valence-corrected chi connectivity index (χ2v) is 7.77. The number of fused-ring (bicyclic) bond motifs is 3. The van der Waals surface area contributed by atoms with E-state index >= 15 is 0 Å². The Morgan fingerprint density at radius 1 is 1.10 bits per heavy atom. The fourth-order valence-corrected chi connectivity index (χ4v) is 4.07. The van der Waals surface area contributed by atoms with Gasteiger partial charge < -0.3 is 19.4 Å². The summed E-state index contributed by atoms with van der Waals surface area (Å²) < 4.78 is 5.16. The molecule has 0 bridgehead atoms. The minimum absolute atomic E-state index is 0.208. The lowest BCUT2D eigenvalue weighted by Crippen LogP contribution is -2.63. The van der Waals surface area contributed by atoms with Crippen molar-refractivity contribution in [2.45, 2.75) is 39.0 Å². The molecule has 0 spiro atoms. The SMILES string of the molecule is COCCCN1C(C)=CN2C1=NC1C2C(=O)N(Cc2ccc(C)cc2)C(=O)N1C. The van der Waals surface area contributed by atoms with Crippen molar-refractivity contribution in [3.63, 3.8) is 0 Å². The van der Waals surface area contributed by atoms with Gasteiger partial charge in [0.05, 0.1) is 6.54 Å². The summed E-state index contributed by atoms with van der Waals surface area (Å²) in [6.45, 7) is 5.69. The van der Waals surface area contributed by atoms with E-state index in [4.69, 9.17) is 9.73 Å². The van der Waals surface area contributed by atoms with E-state index in [1.54, 1.807) is 19.1 Å². The van der Waals surface area contributed by atoms with Crippen molar-refractivity contribution in [2.24, 2.45) is 4.99 Å². The quantitative estimate of drug-likeness (QED) is 0.687. The first-order valence-corrected chi connectivity index (χ1v) is 9.87. The van der Waals surface area contributed by atoms with Crippen LogP contribution in [-0.4, -0.2) is 77.0 Å². The summed E-state index contributed by atoms with van der Waals surface area (Å²) in [5.74, 6) is 0.527. The molecule has 3 heterocycles. The maximum absolute atomic E-state index is 13.3. The van der Waals surface area contributed by atoms with Crippen molar-refractivity contribution >= 4 is 17.9 Å². The minimum Gasteiger partial charge on any atom is -0.385 e. The van der Waals surface area contributed by atoms with Crippen LogP contribution in [0.15, 0.2) is 41.2 Å². The number of rotatable bonds is 6. The van der Waals surface area contributed by atoms with Crippen LogP contribution in [0, 0.1) is 6.92 Å². The fourth-order valence-electron chi connectivity index (χ4n) is 4.07. The van der Waals surface area contributed by atoms with Crippen LogP contribution in [0.3, 0.4) is 0 Å². The molecule has 1 aromatic carbocycles. The van der Waals surface area contributed by atoms with Gasteiger partial charge in [-0.15, -0.1) is 0 Å². The van der Waals surface area contributed by atoms with Crippen LogP contribution in [-0.2, 0) is 16.1 Å². The highest BCUT2D eigenvalue weighted by molar-refractivity contribution is 6.04. The lowest BCUT2D eigenvalue weighted by atomic mass is 10.1. The fraction of sp³-hybridized carbons (Fsp3) is 0.476. The molecule has 154 valence electrons.